The van der Waals surface area contributed by atoms with E-state index in [1.165, 1.54) is 0 Å². The van der Waals surface area contributed by atoms with Gasteiger partial charge in [0.25, 0.3) is 0 Å². The van der Waals surface area contributed by atoms with Crippen LogP contribution in [0.4, 0.5) is 0 Å². The van der Waals surface area contributed by atoms with Gasteiger partial charge in [0, 0.05) is 28.5 Å². The van der Waals surface area contributed by atoms with Crippen molar-refractivity contribution in [3.63, 3.8) is 0 Å². The summed E-state index contributed by atoms with van der Waals surface area (Å²) in [7, 11) is 0. The Balaban J connectivity index is 2.05. The maximum Gasteiger partial charge on any atom is 0.247 e. The molecule has 1 aromatic heterocycles. The lowest BCUT2D eigenvalue weighted by Crippen LogP contribution is -2.37. The van der Waals surface area contributed by atoms with Crippen molar-refractivity contribution in [1.82, 2.24) is 15.5 Å². The second kappa shape index (κ2) is 6.06. The van der Waals surface area contributed by atoms with Gasteiger partial charge in [-0.25, -0.2) is 0 Å². The number of nitrogens with one attached hydrogen (secondary N) is 1. The van der Waals surface area contributed by atoms with Gasteiger partial charge in [-0.05, 0) is 51.5 Å². The minimum absolute atomic E-state index is 0.101. The average Bonchev–Trinajstić information content (AvgIpc) is 2.74. The van der Waals surface area contributed by atoms with Crippen molar-refractivity contribution in [3.05, 3.63) is 34.1 Å². The second-order valence-corrected chi connectivity index (χ2v) is 6.86. The maximum absolute atomic E-state index is 5.71. The molecule has 20 heavy (non-hydrogen) atoms. The molecule has 0 unspecified atom stereocenters. The SMILES string of the molecule is Cc1cc(Br)cc(-c2nnc(CCNC(C)(C)C)o2)c1. The monoisotopic (exact) mass is 337 g/mol. The van der Waals surface area contributed by atoms with Crippen LogP contribution in [0.2, 0.25) is 0 Å². The molecule has 108 valence electrons. The van der Waals surface area contributed by atoms with Crippen molar-refractivity contribution in [2.45, 2.75) is 39.7 Å². The highest BCUT2D eigenvalue weighted by molar-refractivity contribution is 9.10. The Hall–Kier alpha value is -1.20. The Morgan fingerprint density at radius 1 is 1.20 bits per heavy atom. The Morgan fingerprint density at radius 3 is 2.60 bits per heavy atom. The van der Waals surface area contributed by atoms with E-state index in [1.807, 2.05) is 25.1 Å². The average molecular weight is 338 g/mol. The molecule has 0 fully saturated rings. The first-order valence-corrected chi connectivity index (χ1v) is 7.48. The molecule has 1 aromatic carbocycles. The molecule has 0 spiro atoms. The first-order valence-electron chi connectivity index (χ1n) is 6.68. The predicted octanol–water partition coefficient (Wildman–Crippen LogP) is 3.74. The molecule has 1 heterocycles. The highest BCUT2D eigenvalue weighted by Crippen LogP contribution is 2.24. The zero-order valence-electron chi connectivity index (χ0n) is 12.3. The minimum Gasteiger partial charge on any atom is -0.421 e. The fourth-order valence-corrected chi connectivity index (χ4v) is 2.48. The molecular weight excluding hydrogens is 318 g/mol. The molecule has 0 amide bonds. The first kappa shape index (κ1) is 15.2. The summed E-state index contributed by atoms with van der Waals surface area (Å²) in [4.78, 5) is 0. The molecule has 0 aliphatic rings. The molecule has 0 aliphatic heterocycles. The highest BCUT2D eigenvalue weighted by Gasteiger charge is 2.12. The summed E-state index contributed by atoms with van der Waals surface area (Å²) in [6, 6.07) is 6.07. The Kier molecular flexibility index (Phi) is 4.60. The van der Waals surface area contributed by atoms with Crippen molar-refractivity contribution >= 4 is 15.9 Å². The van der Waals surface area contributed by atoms with Crippen LogP contribution in [0.5, 0.6) is 0 Å². The van der Waals surface area contributed by atoms with Crippen LogP contribution < -0.4 is 5.32 Å². The third kappa shape index (κ3) is 4.42. The molecule has 2 aromatic rings. The van der Waals surface area contributed by atoms with Gasteiger partial charge in [0.1, 0.15) is 0 Å². The predicted molar refractivity (Wildman–Crippen MR) is 83.6 cm³/mol. The molecule has 0 bridgehead atoms. The number of halogens is 1. The lowest BCUT2D eigenvalue weighted by atomic mass is 10.1. The van der Waals surface area contributed by atoms with Gasteiger partial charge in [-0.3, -0.25) is 0 Å². The maximum atomic E-state index is 5.71. The van der Waals surface area contributed by atoms with E-state index >= 15 is 0 Å². The van der Waals surface area contributed by atoms with Crippen LogP contribution in [-0.4, -0.2) is 22.3 Å². The lowest BCUT2D eigenvalue weighted by molar-refractivity contribution is 0.412. The van der Waals surface area contributed by atoms with Gasteiger partial charge in [-0.2, -0.15) is 0 Å². The van der Waals surface area contributed by atoms with E-state index in [0.29, 0.717) is 11.8 Å². The summed E-state index contributed by atoms with van der Waals surface area (Å²) in [5.41, 5.74) is 2.20. The normalized spacial score (nSPS) is 11.8. The second-order valence-electron chi connectivity index (χ2n) is 5.94. The fraction of sp³-hybridized carbons (Fsp3) is 0.467. The third-order valence-corrected chi connectivity index (χ3v) is 3.21. The Morgan fingerprint density at radius 2 is 1.95 bits per heavy atom. The van der Waals surface area contributed by atoms with E-state index in [0.717, 1.165) is 28.6 Å². The Labute approximate surface area is 128 Å². The van der Waals surface area contributed by atoms with Crippen LogP contribution in [0.25, 0.3) is 11.5 Å². The van der Waals surface area contributed by atoms with Crippen molar-refractivity contribution in [2.75, 3.05) is 6.54 Å². The van der Waals surface area contributed by atoms with E-state index in [9.17, 15) is 0 Å². The molecule has 0 atom stereocenters. The number of hydrogen-bond acceptors (Lipinski definition) is 4. The molecule has 0 aliphatic carbocycles. The molecule has 5 heteroatoms. The van der Waals surface area contributed by atoms with Crippen LogP contribution in [0.1, 0.15) is 32.2 Å². The number of hydrogen-bond donors (Lipinski definition) is 1. The zero-order valence-corrected chi connectivity index (χ0v) is 13.9. The molecule has 0 saturated heterocycles. The topological polar surface area (TPSA) is 51.0 Å². The number of nitrogens with zero attached hydrogens (tertiary/aromatic N) is 2. The van der Waals surface area contributed by atoms with Crippen LogP contribution in [0.3, 0.4) is 0 Å². The number of aryl methyl sites for hydroxylation is 1. The fourth-order valence-electron chi connectivity index (χ4n) is 1.88. The van der Waals surface area contributed by atoms with Crippen LogP contribution >= 0.6 is 15.9 Å². The summed E-state index contributed by atoms with van der Waals surface area (Å²) in [6.07, 6.45) is 0.733. The van der Waals surface area contributed by atoms with Crippen molar-refractivity contribution in [1.29, 1.82) is 0 Å². The largest absolute Gasteiger partial charge is 0.421 e. The van der Waals surface area contributed by atoms with Crippen LogP contribution in [0.15, 0.2) is 27.1 Å². The van der Waals surface area contributed by atoms with Gasteiger partial charge < -0.3 is 9.73 Å². The van der Waals surface area contributed by atoms with Crippen molar-refractivity contribution < 1.29 is 4.42 Å². The molecular formula is C15H20BrN3O. The number of benzene rings is 1. The zero-order chi connectivity index (χ0) is 14.8. The summed E-state index contributed by atoms with van der Waals surface area (Å²) in [5, 5.41) is 11.6. The Bertz CT molecular complexity index is 567. The standard InChI is InChI=1S/C15H20BrN3O/c1-10-7-11(9-12(16)8-10)14-19-18-13(20-14)5-6-17-15(2,3)4/h7-9,17H,5-6H2,1-4H3. The van der Waals surface area contributed by atoms with Gasteiger partial charge in [0.15, 0.2) is 0 Å². The van der Waals surface area contributed by atoms with Crippen molar-refractivity contribution in [2.24, 2.45) is 0 Å². The smallest absolute Gasteiger partial charge is 0.247 e. The molecule has 4 nitrogen and oxygen atoms in total. The highest BCUT2D eigenvalue weighted by atomic mass is 79.9. The molecule has 1 N–H and O–H groups in total. The van der Waals surface area contributed by atoms with E-state index in [1.54, 1.807) is 0 Å². The van der Waals surface area contributed by atoms with Gasteiger partial charge in [-0.1, -0.05) is 15.9 Å². The quantitative estimate of drug-likeness (QED) is 0.923. The molecule has 0 saturated carbocycles. The summed E-state index contributed by atoms with van der Waals surface area (Å²) < 4.78 is 6.73. The third-order valence-electron chi connectivity index (χ3n) is 2.75. The van der Waals surface area contributed by atoms with Crippen LogP contribution in [-0.2, 0) is 6.42 Å². The minimum atomic E-state index is 0.101. The van der Waals surface area contributed by atoms with Gasteiger partial charge in [0.05, 0.1) is 0 Å². The summed E-state index contributed by atoms with van der Waals surface area (Å²) >= 11 is 3.48. The lowest BCUT2D eigenvalue weighted by Gasteiger charge is -2.19. The molecule has 0 radical (unpaired) electrons. The van der Waals surface area contributed by atoms with E-state index in [-0.39, 0.29) is 5.54 Å². The van der Waals surface area contributed by atoms with Gasteiger partial charge in [-0.15, -0.1) is 10.2 Å². The van der Waals surface area contributed by atoms with Gasteiger partial charge in [0.2, 0.25) is 11.8 Å². The first-order chi connectivity index (χ1) is 9.33. The van der Waals surface area contributed by atoms with E-state index < -0.39 is 0 Å². The number of aromatic nitrogens is 2. The van der Waals surface area contributed by atoms with E-state index in [4.69, 9.17) is 4.42 Å². The number of rotatable bonds is 4. The summed E-state index contributed by atoms with van der Waals surface area (Å²) in [5.74, 6) is 1.23. The molecule has 2 rings (SSSR count). The van der Waals surface area contributed by atoms with Crippen LogP contribution in [0, 0.1) is 6.92 Å². The van der Waals surface area contributed by atoms with Gasteiger partial charge >= 0.3 is 0 Å². The summed E-state index contributed by atoms with van der Waals surface area (Å²) in [6.45, 7) is 9.27. The van der Waals surface area contributed by atoms with Crippen molar-refractivity contribution in [3.8, 4) is 11.5 Å². The van der Waals surface area contributed by atoms with E-state index in [2.05, 4.69) is 52.2 Å².